The van der Waals surface area contributed by atoms with Gasteiger partial charge in [-0.05, 0) is 29.8 Å². The molecule has 0 bridgehead atoms. The number of nitrogens with one attached hydrogen (secondary N) is 1. The molecule has 3 aromatic rings. The van der Waals surface area contributed by atoms with Gasteiger partial charge >= 0.3 is 0 Å². The molecule has 1 aliphatic rings. The topological polar surface area (TPSA) is 114 Å². The lowest BCUT2D eigenvalue weighted by molar-refractivity contribution is 0.338. The second-order valence-corrected chi connectivity index (χ2v) is 6.12. The minimum atomic E-state index is -0.485. The highest BCUT2D eigenvalue weighted by atomic mass is 16.5. The molecule has 0 amide bonds. The van der Waals surface area contributed by atoms with Crippen LogP contribution in [0.3, 0.4) is 0 Å². The molecule has 136 valence electrons. The number of rotatable bonds is 3. The van der Waals surface area contributed by atoms with Gasteiger partial charge in [-0.2, -0.15) is 5.26 Å². The summed E-state index contributed by atoms with van der Waals surface area (Å²) in [5, 5.41) is 20.8. The molecule has 1 aromatic heterocycles. The molecule has 0 saturated carbocycles. The van der Waals surface area contributed by atoms with Crippen LogP contribution >= 0.6 is 0 Å². The molecule has 7 nitrogen and oxygen atoms in total. The summed E-state index contributed by atoms with van der Waals surface area (Å²) in [6, 6.07) is 11.2. The van der Waals surface area contributed by atoms with E-state index in [2.05, 4.69) is 11.1 Å². The van der Waals surface area contributed by atoms with Gasteiger partial charge in [0.15, 0.2) is 11.5 Å². The normalized spacial score (nSPS) is 15.8. The van der Waals surface area contributed by atoms with Gasteiger partial charge in [-0.3, -0.25) is 0 Å². The fourth-order valence-corrected chi connectivity index (χ4v) is 3.47. The number of aromatic hydroxyl groups is 1. The van der Waals surface area contributed by atoms with Crippen LogP contribution in [-0.4, -0.2) is 24.3 Å². The molecule has 1 atom stereocenters. The van der Waals surface area contributed by atoms with E-state index in [9.17, 15) is 10.4 Å². The van der Waals surface area contributed by atoms with Crippen molar-refractivity contribution in [3.05, 3.63) is 59.1 Å². The molecule has 2 aromatic carbocycles. The highest BCUT2D eigenvalue weighted by molar-refractivity contribution is 5.88. The maximum atomic E-state index is 10.2. The van der Waals surface area contributed by atoms with Gasteiger partial charge in [-0.15, -0.1) is 0 Å². The maximum Gasteiger partial charge on any atom is 0.205 e. The van der Waals surface area contributed by atoms with E-state index in [1.807, 2.05) is 24.4 Å². The third kappa shape index (κ3) is 2.42. The van der Waals surface area contributed by atoms with Crippen molar-refractivity contribution in [2.24, 2.45) is 5.73 Å². The molecular weight excluding hydrogens is 346 g/mol. The van der Waals surface area contributed by atoms with Crippen LogP contribution in [0.4, 0.5) is 0 Å². The van der Waals surface area contributed by atoms with Crippen molar-refractivity contribution < 1.29 is 19.3 Å². The third-order valence-corrected chi connectivity index (χ3v) is 4.75. The Bertz CT molecular complexity index is 1100. The van der Waals surface area contributed by atoms with Crippen molar-refractivity contribution in [2.45, 2.75) is 5.92 Å². The second kappa shape index (κ2) is 6.18. The van der Waals surface area contributed by atoms with Crippen molar-refractivity contribution in [1.82, 2.24) is 4.98 Å². The first kappa shape index (κ1) is 16.7. The SMILES string of the molecule is COc1cc([C@@H]2C(C#N)=C(N)Oc3c2ccc2[nH]ccc32)cc(OC)c1O. The Morgan fingerprint density at radius 1 is 1.19 bits per heavy atom. The van der Waals surface area contributed by atoms with E-state index in [1.165, 1.54) is 14.2 Å². The van der Waals surface area contributed by atoms with E-state index < -0.39 is 5.92 Å². The minimum absolute atomic E-state index is 0.0507. The maximum absolute atomic E-state index is 10.2. The van der Waals surface area contributed by atoms with Crippen LogP contribution in [-0.2, 0) is 0 Å². The Kier molecular flexibility index (Phi) is 3.81. The molecule has 27 heavy (non-hydrogen) atoms. The number of fused-ring (bicyclic) bond motifs is 3. The number of H-pyrrole nitrogens is 1. The Balaban J connectivity index is 2.01. The molecule has 0 aliphatic carbocycles. The van der Waals surface area contributed by atoms with Crippen molar-refractivity contribution in [3.63, 3.8) is 0 Å². The second-order valence-electron chi connectivity index (χ2n) is 6.12. The van der Waals surface area contributed by atoms with Gasteiger partial charge in [-0.1, -0.05) is 6.07 Å². The number of methoxy groups -OCH3 is 2. The van der Waals surface area contributed by atoms with Gasteiger partial charge in [0, 0.05) is 22.7 Å². The molecule has 7 heteroatoms. The summed E-state index contributed by atoms with van der Waals surface area (Å²) in [7, 11) is 2.91. The summed E-state index contributed by atoms with van der Waals surface area (Å²) in [5.41, 5.74) is 8.75. The Morgan fingerprint density at radius 3 is 2.52 bits per heavy atom. The third-order valence-electron chi connectivity index (χ3n) is 4.75. The Labute approximate surface area is 155 Å². The molecule has 0 unspecified atom stereocenters. The molecule has 0 radical (unpaired) electrons. The number of aromatic nitrogens is 1. The zero-order valence-electron chi connectivity index (χ0n) is 14.7. The van der Waals surface area contributed by atoms with Crippen LogP contribution in [0.15, 0.2) is 48.0 Å². The predicted molar refractivity (Wildman–Crippen MR) is 98.8 cm³/mol. The summed E-state index contributed by atoms with van der Waals surface area (Å²) in [5.74, 6) is 0.553. The van der Waals surface area contributed by atoms with Crippen molar-refractivity contribution >= 4 is 10.9 Å². The molecule has 4 rings (SSSR count). The van der Waals surface area contributed by atoms with Gasteiger partial charge in [0.1, 0.15) is 17.4 Å². The largest absolute Gasteiger partial charge is 0.502 e. The van der Waals surface area contributed by atoms with E-state index in [4.69, 9.17) is 19.9 Å². The lowest BCUT2D eigenvalue weighted by atomic mass is 9.82. The molecule has 0 spiro atoms. The quantitative estimate of drug-likeness (QED) is 0.659. The van der Waals surface area contributed by atoms with E-state index >= 15 is 0 Å². The van der Waals surface area contributed by atoms with Crippen molar-refractivity contribution in [3.8, 4) is 29.1 Å². The average Bonchev–Trinajstić information content (AvgIpc) is 3.16. The van der Waals surface area contributed by atoms with Crippen LogP contribution < -0.4 is 19.9 Å². The molecule has 0 saturated heterocycles. The summed E-state index contributed by atoms with van der Waals surface area (Å²) in [6.45, 7) is 0. The number of phenols is 1. The number of ether oxygens (including phenoxy) is 3. The smallest absolute Gasteiger partial charge is 0.205 e. The van der Waals surface area contributed by atoms with Gasteiger partial charge in [0.05, 0.1) is 20.1 Å². The predicted octanol–water partition coefficient (Wildman–Crippen LogP) is 3.11. The van der Waals surface area contributed by atoms with E-state index in [0.29, 0.717) is 11.3 Å². The van der Waals surface area contributed by atoms with Crippen LogP contribution in [0.2, 0.25) is 0 Å². The molecule has 2 heterocycles. The first-order valence-corrected chi connectivity index (χ1v) is 8.21. The highest BCUT2D eigenvalue weighted by Gasteiger charge is 2.33. The highest BCUT2D eigenvalue weighted by Crippen LogP contribution is 2.48. The number of allylic oxidation sites excluding steroid dienone is 1. The van der Waals surface area contributed by atoms with Crippen LogP contribution in [0, 0.1) is 11.3 Å². The lowest BCUT2D eigenvalue weighted by Gasteiger charge is -2.27. The number of nitrogens with zero attached hydrogens (tertiary/aromatic N) is 1. The van der Waals surface area contributed by atoms with Gasteiger partial charge in [-0.25, -0.2) is 0 Å². The van der Waals surface area contributed by atoms with E-state index in [1.54, 1.807) is 12.1 Å². The van der Waals surface area contributed by atoms with Crippen LogP contribution in [0.5, 0.6) is 23.0 Å². The summed E-state index contributed by atoms with van der Waals surface area (Å²) in [6.07, 6.45) is 1.82. The number of nitriles is 1. The number of phenolic OH excluding ortho intramolecular Hbond substituents is 1. The average molecular weight is 363 g/mol. The molecule has 4 N–H and O–H groups in total. The fourth-order valence-electron chi connectivity index (χ4n) is 3.47. The Hall–Kier alpha value is -3.79. The summed E-state index contributed by atoms with van der Waals surface area (Å²) < 4.78 is 16.3. The van der Waals surface area contributed by atoms with Crippen LogP contribution in [0.1, 0.15) is 17.0 Å². The summed E-state index contributed by atoms with van der Waals surface area (Å²) >= 11 is 0. The number of aromatic amines is 1. The van der Waals surface area contributed by atoms with E-state index in [0.717, 1.165) is 16.5 Å². The molecular formula is C20H17N3O4. The number of benzene rings is 2. The monoisotopic (exact) mass is 363 g/mol. The standard InChI is InChI=1S/C20H17N3O4/c1-25-15-7-10(8-16(26-2)18(15)24)17-12-3-4-14-11(5-6-23-14)19(12)27-20(22)13(17)9-21/h3-8,17,23-24H,22H2,1-2H3/t17-/m0/s1. The zero-order valence-corrected chi connectivity index (χ0v) is 14.7. The van der Waals surface area contributed by atoms with Gasteiger partial charge < -0.3 is 30.0 Å². The zero-order chi connectivity index (χ0) is 19.1. The van der Waals surface area contributed by atoms with E-state index in [-0.39, 0.29) is 28.7 Å². The lowest BCUT2D eigenvalue weighted by Crippen LogP contribution is -2.21. The first-order valence-electron chi connectivity index (χ1n) is 8.21. The minimum Gasteiger partial charge on any atom is -0.502 e. The fraction of sp³-hybridized carbons (Fsp3) is 0.150. The number of hydrogen-bond acceptors (Lipinski definition) is 6. The number of hydrogen-bond donors (Lipinski definition) is 3. The molecule has 0 fully saturated rings. The van der Waals surface area contributed by atoms with Gasteiger partial charge in [0.25, 0.3) is 0 Å². The van der Waals surface area contributed by atoms with Crippen molar-refractivity contribution in [2.75, 3.05) is 14.2 Å². The Morgan fingerprint density at radius 2 is 1.89 bits per heavy atom. The summed E-state index contributed by atoms with van der Waals surface area (Å²) in [4.78, 5) is 3.13. The number of nitrogens with two attached hydrogens (primary N) is 1. The first-order chi connectivity index (χ1) is 13.1. The van der Waals surface area contributed by atoms with Crippen molar-refractivity contribution in [1.29, 1.82) is 5.26 Å². The van der Waals surface area contributed by atoms with Gasteiger partial charge in [0.2, 0.25) is 11.6 Å². The molecule has 1 aliphatic heterocycles. The van der Waals surface area contributed by atoms with Crippen LogP contribution in [0.25, 0.3) is 10.9 Å².